The van der Waals surface area contributed by atoms with Crippen LogP contribution in [0.1, 0.15) is 37.3 Å². The monoisotopic (exact) mass is 483 g/mol. The van der Waals surface area contributed by atoms with Crippen LogP contribution in [-0.4, -0.2) is 56.4 Å². The molecule has 0 aromatic heterocycles. The smallest absolute Gasteiger partial charge is 0.243 e. The van der Waals surface area contributed by atoms with Gasteiger partial charge >= 0.3 is 0 Å². The van der Waals surface area contributed by atoms with Crippen molar-refractivity contribution in [1.29, 1.82) is 5.26 Å². The van der Waals surface area contributed by atoms with Gasteiger partial charge < -0.3 is 14.4 Å². The van der Waals surface area contributed by atoms with E-state index in [0.29, 0.717) is 69.3 Å². The SMILES string of the molecule is CCCN(Cc1ccc(C#N)cc1)C(=O)C1CCN(S(=O)(=O)c2ccc3c(c2)OCCO3)CC1. The summed E-state index contributed by atoms with van der Waals surface area (Å²) in [5.74, 6) is 0.836. The fraction of sp³-hybridized carbons (Fsp3) is 0.440. The molecule has 4 rings (SSSR count). The van der Waals surface area contributed by atoms with Gasteiger partial charge in [-0.2, -0.15) is 9.57 Å². The third kappa shape index (κ3) is 5.18. The second-order valence-corrected chi connectivity index (χ2v) is 10.5. The molecule has 0 spiro atoms. The highest BCUT2D eigenvalue weighted by molar-refractivity contribution is 7.89. The molecule has 2 heterocycles. The molecule has 0 unspecified atom stereocenters. The second kappa shape index (κ2) is 10.5. The highest BCUT2D eigenvalue weighted by Crippen LogP contribution is 2.34. The molecule has 180 valence electrons. The molecule has 0 radical (unpaired) electrons. The lowest BCUT2D eigenvalue weighted by molar-refractivity contribution is -0.137. The lowest BCUT2D eigenvalue weighted by Gasteiger charge is -2.34. The van der Waals surface area contributed by atoms with Gasteiger partial charge in [-0.05, 0) is 49.1 Å². The minimum absolute atomic E-state index is 0.0580. The third-order valence-electron chi connectivity index (χ3n) is 6.22. The Hall–Kier alpha value is -3.09. The molecule has 8 nitrogen and oxygen atoms in total. The molecule has 0 bridgehead atoms. The summed E-state index contributed by atoms with van der Waals surface area (Å²) < 4.78 is 38.8. The molecule has 1 amide bonds. The van der Waals surface area contributed by atoms with Crippen LogP contribution in [0.15, 0.2) is 47.4 Å². The summed E-state index contributed by atoms with van der Waals surface area (Å²) >= 11 is 0. The number of carbonyl (C=O) groups is 1. The quantitative estimate of drug-likeness (QED) is 0.600. The van der Waals surface area contributed by atoms with E-state index in [1.54, 1.807) is 24.3 Å². The van der Waals surface area contributed by atoms with Gasteiger partial charge in [0.15, 0.2) is 11.5 Å². The number of carbonyl (C=O) groups excluding carboxylic acids is 1. The van der Waals surface area contributed by atoms with Crippen LogP contribution in [0.2, 0.25) is 0 Å². The summed E-state index contributed by atoms with van der Waals surface area (Å²) in [5.41, 5.74) is 1.56. The van der Waals surface area contributed by atoms with Gasteiger partial charge in [0, 0.05) is 38.2 Å². The number of fused-ring (bicyclic) bond motifs is 1. The molecule has 2 aromatic rings. The van der Waals surface area contributed by atoms with E-state index in [1.807, 2.05) is 24.0 Å². The van der Waals surface area contributed by atoms with Crippen molar-refractivity contribution in [2.45, 2.75) is 37.6 Å². The Morgan fingerprint density at radius 1 is 1.09 bits per heavy atom. The van der Waals surface area contributed by atoms with E-state index in [1.165, 1.54) is 10.4 Å². The van der Waals surface area contributed by atoms with Crippen molar-refractivity contribution in [3.63, 3.8) is 0 Å². The molecule has 2 aromatic carbocycles. The van der Waals surface area contributed by atoms with E-state index >= 15 is 0 Å². The summed E-state index contributed by atoms with van der Waals surface area (Å²) in [6.45, 7) is 4.57. The maximum absolute atomic E-state index is 13.3. The van der Waals surface area contributed by atoms with Gasteiger partial charge in [0.2, 0.25) is 15.9 Å². The standard InChI is InChI=1S/C25H29N3O5S/c1-2-11-27(18-20-5-3-19(17-26)4-6-20)25(29)21-9-12-28(13-10-21)34(30,31)22-7-8-23-24(16-22)33-15-14-32-23/h3-8,16,21H,2,9-15,18H2,1H3. The van der Waals surface area contributed by atoms with E-state index in [4.69, 9.17) is 14.7 Å². The highest BCUT2D eigenvalue weighted by atomic mass is 32.2. The van der Waals surface area contributed by atoms with Crippen LogP contribution in [0, 0.1) is 17.2 Å². The Morgan fingerprint density at radius 3 is 2.41 bits per heavy atom. The lowest BCUT2D eigenvalue weighted by Crippen LogP contribution is -2.44. The Labute approximate surface area is 200 Å². The number of amides is 1. The fourth-order valence-corrected chi connectivity index (χ4v) is 5.86. The number of ether oxygens (including phenoxy) is 2. The molecule has 34 heavy (non-hydrogen) atoms. The molecule has 9 heteroatoms. The average Bonchev–Trinajstić information content (AvgIpc) is 2.88. The van der Waals surface area contributed by atoms with Crippen LogP contribution >= 0.6 is 0 Å². The molecule has 0 N–H and O–H groups in total. The van der Waals surface area contributed by atoms with E-state index in [9.17, 15) is 13.2 Å². The Bertz CT molecular complexity index is 1170. The molecule has 1 fully saturated rings. The van der Waals surface area contributed by atoms with Gasteiger partial charge in [0.05, 0.1) is 16.5 Å². The minimum atomic E-state index is -3.68. The van der Waals surface area contributed by atoms with E-state index in [0.717, 1.165) is 12.0 Å². The largest absolute Gasteiger partial charge is 0.486 e. The van der Waals surface area contributed by atoms with Crippen molar-refractivity contribution in [1.82, 2.24) is 9.21 Å². The summed E-state index contributed by atoms with van der Waals surface area (Å²) in [6, 6.07) is 14.0. The van der Waals surface area contributed by atoms with Crippen molar-refractivity contribution in [2.75, 3.05) is 32.8 Å². The molecule has 0 aliphatic carbocycles. The van der Waals surface area contributed by atoms with Crippen molar-refractivity contribution < 1.29 is 22.7 Å². The van der Waals surface area contributed by atoms with Gasteiger partial charge in [-0.1, -0.05) is 19.1 Å². The number of rotatable bonds is 7. The zero-order chi connectivity index (χ0) is 24.1. The maximum atomic E-state index is 13.3. The molecule has 1 saturated heterocycles. The Kier molecular flexibility index (Phi) is 7.39. The van der Waals surface area contributed by atoms with Crippen LogP contribution in [0.25, 0.3) is 0 Å². The molecule has 2 aliphatic rings. The minimum Gasteiger partial charge on any atom is -0.486 e. The van der Waals surface area contributed by atoms with E-state index in [2.05, 4.69) is 6.07 Å². The average molecular weight is 484 g/mol. The summed E-state index contributed by atoms with van der Waals surface area (Å²) in [4.78, 5) is 15.3. The van der Waals surface area contributed by atoms with Crippen LogP contribution < -0.4 is 9.47 Å². The van der Waals surface area contributed by atoms with Gasteiger partial charge in [0.1, 0.15) is 13.2 Å². The second-order valence-electron chi connectivity index (χ2n) is 8.55. The zero-order valence-electron chi connectivity index (χ0n) is 19.3. The first-order valence-corrected chi connectivity index (χ1v) is 13.0. The molecule has 0 saturated carbocycles. The molecular weight excluding hydrogens is 454 g/mol. The van der Waals surface area contributed by atoms with Crippen molar-refractivity contribution in [3.8, 4) is 17.6 Å². The lowest BCUT2D eigenvalue weighted by atomic mass is 9.96. The first-order valence-electron chi connectivity index (χ1n) is 11.6. The number of sulfonamides is 1. The summed E-state index contributed by atoms with van der Waals surface area (Å²) in [5, 5.41) is 8.98. The highest BCUT2D eigenvalue weighted by Gasteiger charge is 2.34. The number of nitrogens with zero attached hydrogens (tertiary/aromatic N) is 3. The first-order chi connectivity index (χ1) is 16.4. The van der Waals surface area contributed by atoms with E-state index < -0.39 is 10.0 Å². The predicted molar refractivity (Wildman–Crippen MR) is 126 cm³/mol. The number of hydrogen-bond donors (Lipinski definition) is 0. The topological polar surface area (TPSA) is 99.9 Å². The Morgan fingerprint density at radius 2 is 1.76 bits per heavy atom. The van der Waals surface area contributed by atoms with Crippen LogP contribution in [-0.2, 0) is 21.4 Å². The van der Waals surface area contributed by atoms with Crippen molar-refractivity contribution in [2.24, 2.45) is 5.92 Å². The van der Waals surface area contributed by atoms with Crippen molar-refractivity contribution >= 4 is 15.9 Å². The Balaban J connectivity index is 1.40. The predicted octanol–water partition coefficient (Wildman–Crippen LogP) is 3.17. The van der Waals surface area contributed by atoms with E-state index in [-0.39, 0.29) is 16.7 Å². The maximum Gasteiger partial charge on any atom is 0.243 e. The van der Waals surface area contributed by atoms with Crippen molar-refractivity contribution in [3.05, 3.63) is 53.6 Å². The van der Waals surface area contributed by atoms with Crippen LogP contribution in [0.5, 0.6) is 11.5 Å². The molecular formula is C25H29N3O5S. The molecule has 0 atom stereocenters. The van der Waals surface area contributed by atoms with Crippen LogP contribution in [0.3, 0.4) is 0 Å². The number of benzene rings is 2. The van der Waals surface area contributed by atoms with Gasteiger partial charge in [-0.3, -0.25) is 4.79 Å². The summed E-state index contributed by atoms with van der Waals surface area (Å²) in [6.07, 6.45) is 1.80. The number of nitriles is 1. The zero-order valence-corrected chi connectivity index (χ0v) is 20.1. The normalized spacial score (nSPS) is 16.6. The van der Waals surface area contributed by atoms with Gasteiger partial charge in [0.25, 0.3) is 0 Å². The van der Waals surface area contributed by atoms with Gasteiger partial charge in [-0.15, -0.1) is 0 Å². The summed E-state index contributed by atoms with van der Waals surface area (Å²) in [7, 11) is -3.68. The van der Waals surface area contributed by atoms with Gasteiger partial charge in [-0.25, -0.2) is 8.42 Å². The molecule has 2 aliphatic heterocycles. The fourth-order valence-electron chi connectivity index (χ4n) is 4.38. The number of hydrogen-bond acceptors (Lipinski definition) is 6. The van der Waals surface area contributed by atoms with Crippen LogP contribution in [0.4, 0.5) is 0 Å². The third-order valence-corrected chi connectivity index (χ3v) is 8.11. The first kappa shape index (κ1) is 24.0. The number of piperidine rings is 1.